The van der Waals surface area contributed by atoms with Gasteiger partial charge in [-0.15, -0.1) is 6.58 Å². The molecule has 3 aliphatic rings. The number of hydrogen-bond acceptors (Lipinski definition) is 10. The van der Waals surface area contributed by atoms with Crippen molar-refractivity contribution < 1.29 is 43.6 Å². The summed E-state index contributed by atoms with van der Waals surface area (Å²) in [4.78, 5) is 34.4. The summed E-state index contributed by atoms with van der Waals surface area (Å²) in [7, 11) is 0. The molecular formula is C54H80N2O9. The molecule has 1 saturated carbocycles. The van der Waals surface area contributed by atoms with Crippen molar-refractivity contribution in [1.29, 1.82) is 0 Å². The van der Waals surface area contributed by atoms with Crippen LogP contribution in [0.3, 0.4) is 0 Å². The topological polar surface area (TPSA) is 136 Å². The second-order valence-corrected chi connectivity index (χ2v) is 19.3. The largest absolute Gasteiger partial charge is 0.459 e. The van der Waals surface area contributed by atoms with Crippen LogP contribution in [0.5, 0.6) is 17.2 Å². The van der Waals surface area contributed by atoms with Gasteiger partial charge in [-0.1, -0.05) is 114 Å². The van der Waals surface area contributed by atoms with E-state index in [2.05, 4.69) is 26.5 Å². The molecule has 0 unspecified atom stereocenters. The molecule has 1 amide bonds. The second kappa shape index (κ2) is 26.2. The van der Waals surface area contributed by atoms with Gasteiger partial charge in [0, 0.05) is 43.2 Å². The highest BCUT2D eigenvalue weighted by molar-refractivity contribution is 6.03. The maximum absolute atomic E-state index is 14.6. The van der Waals surface area contributed by atoms with Gasteiger partial charge in [0.15, 0.2) is 0 Å². The third-order valence-corrected chi connectivity index (χ3v) is 13.1. The van der Waals surface area contributed by atoms with Crippen LogP contribution in [0.2, 0.25) is 0 Å². The SMILES string of the molecule is C=CCO[C@@]12Oc3ccc(Oc4cccc(C=O)c4)cc3[C@H]3[C@H](CCCCO)[C@@H](CCCCO)C=C(C(=NOC(C)(C)C)C[C@@H]1N(CCC)C(=O)OCCCCCCCCCCCC)[C@H]32. The summed E-state index contributed by atoms with van der Waals surface area (Å²) in [6.45, 7) is 15.4. The molecule has 0 saturated heterocycles. The number of oxime groups is 1. The zero-order valence-corrected chi connectivity index (χ0v) is 40.3. The van der Waals surface area contributed by atoms with Gasteiger partial charge in [-0.25, -0.2) is 4.79 Å². The zero-order chi connectivity index (χ0) is 46.7. The predicted molar refractivity (Wildman–Crippen MR) is 258 cm³/mol. The lowest BCUT2D eigenvalue weighted by Gasteiger charge is -2.60. The van der Waals surface area contributed by atoms with Crippen molar-refractivity contribution in [3.63, 3.8) is 0 Å². The number of unbranched alkanes of at least 4 members (excludes halogenated alkanes) is 11. The molecule has 65 heavy (non-hydrogen) atoms. The van der Waals surface area contributed by atoms with Crippen LogP contribution in [0.25, 0.3) is 0 Å². The van der Waals surface area contributed by atoms with Crippen LogP contribution >= 0.6 is 0 Å². The summed E-state index contributed by atoms with van der Waals surface area (Å²) < 4.78 is 27.1. The van der Waals surface area contributed by atoms with Crippen LogP contribution in [-0.4, -0.2) is 83.6 Å². The Hall–Kier alpha value is -4.19. The van der Waals surface area contributed by atoms with Gasteiger partial charge in [-0.2, -0.15) is 0 Å². The highest BCUT2D eigenvalue weighted by atomic mass is 16.7. The van der Waals surface area contributed by atoms with E-state index in [0.29, 0.717) is 61.6 Å². The monoisotopic (exact) mass is 901 g/mol. The Morgan fingerprint density at radius 3 is 2.25 bits per heavy atom. The smallest absolute Gasteiger partial charge is 0.410 e. The molecule has 2 aliphatic carbocycles. The number of aliphatic hydroxyl groups is 2. The van der Waals surface area contributed by atoms with Gasteiger partial charge in [0.1, 0.15) is 35.2 Å². The average molecular weight is 901 g/mol. The van der Waals surface area contributed by atoms with Crippen molar-refractivity contribution in [3.05, 3.63) is 77.9 Å². The Kier molecular flexibility index (Phi) is 20.9. The van der Waals surface area contributed by atoms with Gasteiger partial charge in [0.05, 0.1) is 24.8 Å². The van der Waals surface area contributed by atoms with Crippen LogP contribution in [0.15, 0.2) is 71.9 Å². The lowest BCUT2D eigenvalue weighted by atomic mass is 9.55. The molecule has 360 valence electrons. The van der Waals surface area contributed by atoms with Gasteiger partial charge in [-0.3, -0.25) is 9.69 Å². The van der Waals surface area contributed by atoms with Crippen LogP contribution in [0.1, 0.15) is 172 Å². The molecule has 11 nitrogen and oxygen atoms in total. The average Bonchev–Trinajstić information content (AvgIpc) is 3.29. The molecule has 5 rings (SSSR count). The zero-order valence-electron chi connectivity index (χ0n) is 40.3. The number of fused-ring (bicyclic) bond motifs is 2. The Balaban J connectivity index is 1.60. The lowest BCUT2D eigenvalue weighted by Crippen LogP contribution is -2.70. The first-order valence-electron chi connectivity index (χ1n) is 25.0. The van der Waals surface area contributed by atoms with Crippen LogP contribution in [0, 0.1) is 17.8 Å². The molecular weight excluding hydrogens is 821 g/mol. The first kappa shape index (κ1) is 51.8. The van der Waals surface area contributed by atoms with Crippen LogP contribution in [0.4, 0.5) is 4.79 Å². The second-order valence-electron chi connectivity index (χ2n) is 19.3. The summed E-state index contributed by atoms with van der Waals surface area (Å²) in [6, 6.07) is 12.3. The van der Waals surface area contributed by atoms with E-state index in [4.69, 9.17) is 28.9 Å². The summed E-state index contributed by atoms with van der Waals surface area (Å²) >= 11 is 0. The van der Waals surface area contributed by atoms with Gasteiger partial charge < -0.3 is 34.0 Å². The summed E-state index contributed by atoms with van der Waals surface area (Å²) in [5.74, 6) is -0.122. The van der Waals surface area contributed by atoms with E-state index in [1.54, 1.807) is 24.3 Å². The summed E-state index contributed by atoms with van der Waals surface area (Å²) in [5.41, 5.74) is 2.59. The number of carbonyl (C=O) groups excluding carboxylic acids is 2. The maximum Gasteiger partial charge on any atom is 0.410 e. The molecule has 0 bridgehead atoms. The number of hydrogen-bond donors (Lipinski definition) is 2. The molecule has 2 aromatic rings. The molecule has 11 heteroatoms. The van der Waals surface area contributed by atoms with Crippen molar-refractivity contribution >= 4 is 18.1 Å². The van der Waals surface area contributed by atoms with Gasteiger partial charge >= 0.3 is 6.09 Å². The number of nitrogens with zero attached hydrogens (tertiary/aromatic N) is 2. The van der Waals surface area contributed by atoms with Crippen molar-refractivity contribution in [2.45, 2.75) is 174 Å². The number of benzene rings is 2. The molecule has 2 N–H and O–H groups in total. The normalized spacial score (nSPS) is 22.8. The number of rotatable bonds is 29. The molecule has 0 aromatic heterocycles. The number of aliphatic hydroxyl groups excluding tert-OH is 2. The highest BCUT2D eigenvalue weighted by Gasteiger charge is 2.65. The van der Waals surface area contributed by atoms with Gasteiger partial charge in [0.25, 0.3) is 0 Å². The predicted octanol–water partition coefficient (Wildman–Crippen LogP) is 12.5. The third kappa shape index (κ3) is 14.2. The quantitative estimate of drug-likeness (QED) is 0.0354. The van der Waals surface area contributed by atoms with Crippen LogP contribution < -0.4 is 9.47 Å². The van der Waals surface area contributed by atoms with Gasteiger partial charge in [-0.05, 0) is 107 Å². The van der Waals surface area contributed by atoms with E-state index in [9.17, 15) is 19.8 Å². The van der Waals surface area contributed by atoms with E-state index in [0.717, 1.165) is 68.1 Å². The Bertz CT molecular complexity index is 1850. The first-order valence-corrected chi connectivity index (χ1v) is 25.0. The standard InChI is InChI=1S/C54H80N2O9/c1-7-10-11-12-13-14-15-16-17-22-34-61-52(60)56(30-8-2)49-38-47(55-65-53(4,5)6)45-36-41(25-18-20-31-57)44(27-19-21-32-58)50-46-37-43(63-42-26-23-24-40(35-42)39-59)28-29-48(46)64-54(49,51(45)50)62-33-9-3/h9,23-24,26,28-29,35-37,39,41,44,49-51,57-58H,3,7-8,10-22,25,27,30-34,38H2,1-2,4-6H3/t41-,44+,49-,50+,51+,54+/m0/s1. The van der Waals surface area contributed by atoms with Crippen molar-refractivity contribution in [2.24, 2.45) is 22.9 Å². The fraction of sp³-hybridized carbons (Fsp3) is 0.648. The molecule has 0 spiro atoms. The molecule has 1 aliphatic heterocycles. The van der Waals surface area contributed by atoms with Crippen molar-refractivity contribution in [1.82, 2.24) is 4.90 Å². The molecule has 1 fully saturated rings. The minimum Gasteiger partial charge on any atom is -0.459 e. The lowest BCUT2D eigenvalue weighted by molar-refractivity contribution is -0.255. The number of ether oxygens (including phenoxy) is 4. The fourth-order valence-corrected chi connectivity index (χ4v) is 10.1. The van der Waals surface area contributed by atoms with Crippen molar-refractivity contribution in [3.8, 4) is 17.2 Å². The number of aldehydes is 1. The van der Waals surface area contributed by atoms with Crippen LogP contribution in [-0.2, 0) is 14.3 Å². The number of allylic oxidation sites excluding steroid dienone is 1. The molecule has 2 aromatic carbocycles. The van der Waals surface area contributed by atoms with E-state index >= 15 is 0 Å². The minimum atomic E-state index is -1.38. The Morgan fingerprint density at radius 2 is 1.58 bits per heavy atom. The van der Waals surface area contributed by atoms with E-state index < -0.39 is 29.4 Å². The fourth-order valence-electron chi connectivity index (χ4n) is 10.1. The minimum absolute atomic E-state index is 0.0587. The Morgan fingerprint density at radius 1 is 0.892 bits per heavy atom. The highest BCUT2D eigenvalue weighted by Crippen LogP contribution is 2.62. The summed E-state index contributed by atoms with van der Waals surface area (Å²) in [5, 5.41) is 24.9. The molecule has 0 radical (unpaired) electrons. The summed E-state index contributed by atoms with van der Waals surface area (Å²) in [6.07, 6.45) is 22.0. The van der Waals surface area contributed by atoms with Gasteiger partial charge in [0.2, 0.25) is 5.79 Å². The van der Waals surface area contributed by atoms with E-state index in [1.165, 1.54) is 44.9 Å². The number of amides is 1. The molecule has 6 atom stereocenters. The first-order chi connectivity index (χ1) is 31.5. The number of carbonyl (C=O) groups is 2. The van der Waals surface area contributed by atoms with E-state index in [-0.39, 0.29) is 37.6 Å². The third-order valence-electron chi connectivity index (χ3n) is 13.1. The Labute approximate surface area is 390 Å². The maximum atomic E-state index is 14.6. The van der Waals surface area contributed by atoms with Crippen molar-refractivity contribution in [2.75, 3.05) is 33.0 Å². The molecule has 1 heterocycles. The van der Waals surface area contributed by atoms with E-state index in [1.807, 2.05) is 49.9 Å².